The van der Waals surface area contributed by atoms with Crippen molar-refractivity contribution in [3.63, 3.8) is 0 Å². The Kier molecular flexibility index (Phi) is 14.4. The van der Waals surface area contributed by atoms with Crippen molar-refractivity contribution in [3.8, 4) is 22.6 Å². The molecular formula is C44H55N7O8. The van der Waals surface area contributed by atoms with Crippen LogP contribution in [0.3, 0.4) is 0 Å². The molecule has 59 heavy (non-hydrogen) atoms. The number of likely N-dealkylation sites (N-methyl/N-ethyl adjacent to an activating group) is 2. The van der Waals surface area contributed by atoms with E-state index in [-0.39, 0.29) is 47.8 Å². The number of nitrogens with two attached hydrogens (primary N) is 1. The van der Waals surface area contributed by atoms with Gasteiger partial charge in [-0.15, -0.1) is 0 Å². The van der Waals surface area contributed by atoms with E-state index in [9.17, 15) is 24.0 Å². The highest BCUT2D eigenvalue weighted by atomic mass is 16.5. The second-order valence-corrected chi connectivity index (χ2v) is 15.5. The predicted molar refractivity (Wildman–Crippen MR) is 220 cm³/mol. The van der Waals surface area contributed by atoms with Gasteiger partial charge in [0.25, 0.3) is 11.8 Å². The first kappa shape index (κ1) is 42.8. The van der Waals surface area contributed by atoms with Gasteiger partial charge in [0.1, 0.15) is 23.6 Å². The molecule has 0 radical (unpaired) electrons. The SMILES string of the molecule is CNC(=O)C(NC(=O)c1oc(-c2cccc(CNC(=O)C3CCCN3C)c2)cc1CNC(=O)C(NC(=O)c1ccc(-c2cccc(CN)c2)o1)C1CCOCC1)C(C)C. The summed E-state index contributed by atoms with van der Waals surface area (Å²) in [6.45, 7) is 5.92. The molecule has 3 atom stereocenters. The maximum atomic E-state index is 14.1. The highest BCUT2D eigenvalue weighted by molar-refractivity contribution is 5.98. The van der Waals surface area contributed by atoms with Crippen LogP contribution >= 0.6 is 0 Å². The zero-order valence-corrected chi connectivity index (χ0v) is 34.1. The van der Waals surface area contributed by atoms with Crippen molar-refractivity contribution in [1.29, 1.82) is 0 Å². The van der Waals surface area contributed by atoms with Crippen molar-refractivity contribution >= 4 is 29.5 Å². The molecule has 5 amide bonds. The second-order valence-electron chi connectivity index (χ2n) is 15.5. The molecule has 2 aromatic heterocycles. The summed E-state index contributed by atoms with van der Waals surface area (Å²) in [6, 6.07) is 17.9. The Labute approximate surface area is 344 Å². The highest BCUT2D eigenvalue weighted by Gasteiger charge is 2.34. The van der Waals surface area contributed by atoms with Gasteiger partial charge in [-0.1, -0.05) is 50.2 Å². The molecule has 2 aliphatic rings. The Balaban J connectivity index is 1.22. The molecular weight excluding hydrogens is 755 g/mol. The Hall–Kier alpha value is -5.77. The van der Waals surface area contributed by atoms with Crippen LogP contribution in [0.25, 0.3) is 22.6 Å². The van der Waals surface area contributed by atoms with E-state index in [2.05, 4.69) is 26.6 Å². The fourth-order valence-corrected chi connectivity index (χ4v) is 7.59. The van der Waals surface area contributed by atoms with E-state index in [4.69, 9.17) is 19.3 Å². The number of ether oxygens (including phenoxy) is 1. The third-order valence-electron chi connectivity index (χ3n) is 11.0. The van der Waals surface area contributed by atoms with Crippen LogP contribution in [-0.2, 0) is 38.8 Å². The monoisotopic (exact) mass is 809 g/mol. The van der Waals surface area contributed by atoms with Crippen LogP contribution in [-0.4, -0.2) is 86.4 Å². The fourth-order valence-electron chi connectivity index (χ4n) is 7.59. The number of likely N-dealkylation sites (tertiary alicyclic amines) is 1. The van der Waals surface area contributed by atoms with Gasteiger partial charge >= 0.3 is 0 Å². The summed E-state index contributed by atoms with van der Waals surface area (Å²) in [4.78, 5) is 69.2. The van der Waals surface area contributed by atoms with Gasteiger partial charge < -0.3 is 45.9 Å². The molecule has 2 fully saturated rings. The molecule has 3 unspecified atom stereocenters. The number of hydrogen-bond donors (Lipinski definition) is 6. The first-order valence-corrected chi connectivity index (χ1v) is 20.2. The Morgan fingerprint density at radius 2 is 1.51 bits per heavy atom. The lowest BCUT2D eigenvalue weighted by Gasteiger charge is -2.29. The topological polar surface area (TPSA) is 210 Å². The molecule has 15 heteroatoms. The summed E-state index contributed by atoms with van der Waals surface area (Å²) >= 11 is 0. The lowest BCUT2D eigenvalue weighted by molar-refractivity contribution is -0.126. The van der Waals surface area contributed by atoms with Crippen LogP contribution in [0, 0.1) is 11.8 Å². The summed E-state index contributed by atoms with van der Waals surface area (Å²) in [6.07, 6.45) is 2.88. The van der Waals surface area contributed by atoms with Crippen LogP contribution in [0.2, 0.25) is 0 Å². The standard InChI is InChI=1S/C44H55N7O8/c1-26(2)37(42(54)46-3)49-44(56)39-32(22-36(59-39)31-11-6-9-28(21-31)24-47-40(52)33-12-7-17-51(33)4)25-48-43(55)38(29-15-18-57-19-16-29)50-41(53)35-14-13-34(58-35)30-10-5-8-27(20-30)23-45/h5-6,8-11,13-14,20-22,26,29,33,37-38H,7,12,15-19,23-25,45H2,1-4H3,(H,46,54)(H,47,52)(H,48,55)(H,49,56)(H,50,53). The number of nitrogens with one attached hydrogen (secondary N) is 5. The number of nitrogens with zero attached hydrogens (tertiary/aromatic N) is 1. The van der Waals surface area contributed by atoms with E-state index < -0.39 is 29.8 Å². The van der Waals surface area contributed by atoms with Gasteiger partial charge in [-0.25, -0.2) is 0 Å². The zero-order chi connectivity index (χ0) is 42.1. The molecule has 7 N–H and O–H groups in total. The average Bonchev–Trinajstić information content (AvgIpc) is 4.03. The number of amides is 5. The summed E-state index contributed by atoms with van der Waals surface area (Å²) in [5, 5.41) is 14.2. The summed E-state index contributed by atoms with van der Waals surface area (Å²) in [7, 11) is 3.44. The maximum Gasteiger partial charge on any atom is 0.288 e. The van der Waals surface area contributed by atoms with Gasteiger partial charge in [0.2, 0.25) is 17.7 Å². The molecule has 4 aromatic rings. The molecule has 2 aromatic carbocycles. The fraction of sp³-hybridized carbons (Fsp3) is 0.432. The molecule has 15 nitrogen and oxygen atoms in total. The van der Waals surface area contributed by atoms with Gasteiger partial charge in [0.15, 0.2) is 11.5 Å². The van der Waals surface area contributed by atoms with Crippen molar-refractivity contribution in [3.05, 3.63) is 94.9 Å². The zero-order valence-electron chi connectivity index (χ0n) is 34.1. The van der Waals surface area contributed by atoms with Gasteiger partial charge in [-0.2, -0.15) is 0 Å². The number of rotatable bonds is 16. The van der Waals surface area contributed by atoms with Gasteiger partial charge in [-0.3, -0.25) is 28.9 Å². The van der Waals surface area contributed by atoms with Crippen molar-refractivity contribution in [2.45, 2.75) is 77.3 Å². The molecule has 6 rings (SSSR count). The van der Waals surface area contributed by atoms with Crippen molar-refractivity contribution < 1.29 is 37.5 Å². The van der Waals surface area contributed by atoms with Crippen molar-refractivity contribution in [1.82, 2.24) is 31.5 Å². The van der Waals surface area contributed by atoms with E-state index in [1.807, 2.05) is 74.3 Å². The summed E-state index contributed by atoms with van der Waals surface area (Å²) < 4.78 is 17.7. The first-order chi connectivity index (χ1) is 28.4. The third kappa shape index (κ3) is 10.7. The quantitative estimate of drug-likeness (QED) is 0.0967. The Morgan fingerprint density at radius 1 is 0.797 bits per heavy atom. The second kappa shape index (κ2) is 19.8. The minimum absolute atomic E-state index is 0.0287. The molecule has 0 spiro atoms. The van der Waals surface area contributed by atoms with E-state index in [0.717, 1.165) is 36.1 Å². The van der Waals surface area contributed by atoms with Crippen LogP contribution in [0.4, 0.5) is 0 Å². The van der Waals surface area contributed by atoms with Gasteiger partial charge in [-0.05, 0) is 92.6 Å². The molecule has 314 valence electrons. The summed E-state index contributed by atoms with van der Waals surface area (Å²) in [5.74, 6) is -1.70. The number of benzene rings is 2. The molecule has 0 bridgehead atoms. The van der Waals surface area contributed by atoms with Crippen molar-refractivity contribution in [2.24, 2.45) is 17.6 Å². The van der Waals surface area contributed by atoms with E-state index in [1.54, 1.807) is 18.2 Å². The molecule has 2 saturated heterocycles. The molecule has 2 aliphatic heterocycles. The highest BCUT2D eigenvalue weighted by Crippen LogP contribution is 2.29. The third-order valence-corrected chi connectivity index (χ3v) is 11.0. The van der Waals surface area contributed by atoms with Gasteiger partial charge in [0.05, 0.1) is 6.04 Å². The minimum atomic E-state index is -0.946. The van der Waals surface area contributed by atoms with E-state index in [0.29, 0.717) is 61.8 Å². The van der Waals surface area contributed by atoms with Crippen LogP contribution in [0.15, 0.2) is 75.6 Å². The lowest BCUT2D eigenvalue weighted by atomic mass is 9.91. The van der Waals surface area contributed by atoms with Crippen LogP contribution < -0.4 is 32.3 Å². The Bertz CT molecular complexity index is 2120. The maximum absolute atomic E-state index is 14.1. The predicted octanol–water partition coefficient (Wildman–Crippen LogP) is 3.72. The molecule has 4 heterocycles. The number of carbonyl (C=O) groups is 5. The Morgan fingerprint density at radius 3 is 2.19 bits per heavy atom. The number of carbonyl (C=O) groups excluding carboxylic acids is 5. The van der Waals surface area contributed by atoms with Crippen molar-refractivity contribution in [2.75, 3.05) is 33.9 Å². The number of furan rings is 2. The molecule has 0 aliphatic carbocycles. The largest absolute Gasteiger partial charge is 0.451 e. The van der Waals surface area contributed by atoms with Crippen LogP contribution in [0.1, 0.15) is 77.3 Å². The van der Waals surface area contributed by atoms with Gasteiger partial charge in [0, 0.05) is 56.6 Å². The van der Waals surface area contributed by atoms with E-state index >= 15 is 0 Å². The normalized spacial score (nSPS) is 16.9. The smallest absolute Gasteiger partial charge is 0.288 e. The van der Waals surface area contributed by atoms with E-state index in [1.165, 1.54) is 7.05 Å². The molecule has 0 saturated carbocycles. The summed E-state index contributed by atoms with van der Waals surface area (Å²) in [5.41, 5.74) is 9.34. The lowest BCUT2D eigenvalue weighted by Crippen LogP contribution is -2.52. The first-order valence-electron chi connectivity index (χ1n) is 20.2. The number of hydrogen-bond acceptors (Lipinski definition) is 10. The average molecular weight is 810 g/mol. The minimum Gasteiger partial charge on any atom is -0.451 e. The van der Waals surface area contributed by atoms with Crippen LogP contribution in [0.5, 0.6) is 0 Å².